The van der Waals surface area contributed by atoms with Crippen LogP contribution < -0.4 is 15.2 Å². The molecule has 0 fully saturated rings. The van der Waals surface area contributed by atoms with Crippen LogP contribution in [0.5, 0.6) is 5.75 Å². The summed E-state index contributed by atoms with van der Waals surface area (Å²) >= 11 is 0. The lowest BCUT2D eigenvalue weighted by molar-refractivity contribution is 0.343. The maximum Gasteiger partial charge on any atom is 0.241 e. The van der Waals surface area contributed by atoms with E-state index in [1.807, 2.05) is 0 Å². The lowest BCUT2D eigenvalue weighted by Crippen LogP contribution is -2.21. The van der Waals surface area contributed by atoms with Gasteiger partial charge < -0.3 is 15.0 Å². The van der Waals surface area contributed by atoms with Crippen LogP contribution in [0.25, 0.3) is 0 Å². The Hall–Kier alpha value is -2.22. The molecule has 0 saturated heterocycles. The van der Waals surface area contributed by atoms with E-state index in [0.29, 0.717) is 22.7 Å². The van der Waals surface area contributed by atoms with Crippen molar-refractivity contribution in [3.05, 3.63) is 35.5 Å². The van der Waals surface area contributed by atoms with Crippen LogP contribution in [0.3, 0.4) is 0 Å². The highest BCUT2D eigenvalue weighted by molar-refractivity contribution is 7.92. The fourth-order valence-electron chi connectivity index (χ4n) is 1.58. The molecule has 0 amide bonds. The third-order valence-electron chi connectivity index (χ3n) is 2.93. The summed E-state index contributed by atoms with van der Waals surface area (Å²) in [6.45, 7) is 3.44. The molecule has 2 rings (SSSR count). The van der Waals surface area contributed by atoms with Crippen LogP contribution in [0.2, 0.25) is 0 Å². The highest BCUT2D eigenvalue weighted by Crippen LogP contribution is 2.20. The van der Waals surface area contributed by atoms with Crippen molar-refractivity contribution in [2.75, 3.05) is 22.8 Å². The van der Waals surface area contributed by atoms with E-state index in [-0.39, 0.29) is 18.2 Å². The number of aromatic nitrogens is 1. The zero-order valence-corrected chi connectivity index (χ0v) is 12.6. The van der Waals surface area contributed by atoms with Crippen LogP contribution >= 0.6 is 0 Å². The van der Waals surface area contributed by atoms with E-state index < -0.39 is 10.0 Å². The zero-order valence-electron chi connectivity index (χ0n) is 11.8. The van der Waals surface area contributed by atoms with Crippen molar-refractivity contribution in [3.63, 3.8) is 0 Å². The molecule has 0 aliphatic carbocycles. The van der Waals surface area contributed by atoms with Gasteiger partial charge in [0, 0.05) is 5.56 Å². The first kappa shape index (κ1) is 15.2. The predicted octanol–water partition coefficient (Wildman–Crippen LogP) is 1.69. The molecule has 0 spiro atoms. The van der Waals surface area contributed by atoms with E-state index in [9.17, 15) is 8.42 Å². The van der Waals surface area contributed by atoms with Crippen molar-refractivity contribution in [1.29, 1.82) is 0 Å². The average Bonchev–Trinajstić information content (AvgIpc) is 2.72. The largest absolute Gasteiger partial charge is 0.490 e. The molecule has 7 nitrogen and oxygen atoms in total. The second-order valence-corrected chi connectivity index (χ2v) is 6.37. The average molecular weight is 311 g/mol. The molecule has 8 heteroatoms. The van der Waals surface area contributed by atoms with Crippen molar-refractivity contribution in [3.8, 4) is 5.75 Å². The minimum Gasteiger partial charge on any atom is -0.490 e. The van der Waals surface area contributed by atoms with E-state index in [1.54, 1.807) is 38.1 Å². The molecule has 0 atom stereocenters. The molecule has 0 bridgehead atoms. The summed E-state index contributed by atoms with van der Waals surface area (Å²) in [7, 11) is -3.58. The number of ether oxygens (including phenoxy) is 1. The Morgan fingerprint density at radius 2 is 2.05 bits per heavy atom. The lowest BCUT2D eigenvalue weighted by Gasteiger charge is -2.09. The van der Waals surface area contributed by atoms with Gasteiger partial charge in [-0.1, -0.05) is 17.3 Å². The van der Waals surface area contributed by atoms with Gasteiger partial charge in [0.1, 0.15) is 18.1 Å². The van der Waals surface area contributed by atoms with Gasteiger partial charge in [0.15, 0.2) is 0 Å². The van der Waals surface area contributed by atoms with Gasteiger partial charge in [-0.2, -0.15) is 0 Å². The summed E-state index contributed by atoms with van der Waals surface area (Å²) in [5, 5.41) is 3.69. The third-order valence-corrected chi connectivity index (χ3v) is 4.13. The number of nitrogens with one attached hydrogen (secondary N) is 1. The Morgan fingerprint density at radius 1 is 1.33 bits per heavy atom. The van der Waals surface area contributed by atoms with Gasteiger partial charge in [0.2, 0.25) is 15.9 Å². The number of hydrogen-bond acceptors (Lipinski definition) is 6. The molecular formula is C13H17N3O4S. The van der Waals surface area contributed by atoms with Crippen LogP contribution in [-0.2, 0) is 10.0 Å². The summed E-state index contributed by atoms with van der Waals surface area (Å²) in [6.07, 6.45) is 0. The molecule has 21 heavy (non-hydrogen) atoms. The van der Waals surface area contributed by atoms with E-state index >= 15 is 0 Å². The van der Waals surface area contributed by atoms with Crippen molar-refractivity contribution < 1.29 is 17.7 Å². The third kappa shape index (κ3) is 3.88. The minimum absolute atomic E-state index is 0.0181. The molecule has 0 unspecified atom stereocenters. The summed E-state index contributed by atoms with van der Waals surface area (Å²) in [5.74, 6) is 0.367. The van der Waals surface area contributed by atoms with Gasteiger partial charge in [0.05, 0.1) is 11.4 Å². The molecule has 0 aliphatic heterocycles. The number of rotatable bonds is 6. The van der Waals surface area contributed by atoms with Gasteiger partial charge in [-0.3, -0.25) is 4.72 Å². The first-order valence-electron chi connectivity index (χ1n) is 6.30. The monoisotopic (exact) mass is 311 g/mol. The van der Waals surface area contributed by atoms with E-state index in [2.05, 4.69) is 9.88 Å². The normalized spacial score (nSPS) is 11.3. The highest BCUT2D eigenvalue weighted by atomic mass is 32.2. The molecule has 0 saturated carbocycles. The van der Waals surface area contributed by atoms with Crippen molar-refractivity contribution in [1.82, 2.24) is 5.16 Å². The van der Waals surface area contributed by atoms with E-state index in [4.69, 9.17) is 15.0 Å². The number of para-hydroxylation sites is 2. The van der Waals surface area contributed by atoms with Gasteiger partial charge in [-0.15, -0.1) is 0 Å². The standard InChI is InChI=1S/C13H17N3O4S/c1-9-10(2)15-20-13(9)16-21(17,18)8-7-19-12-6-4-3-5-11(12)14/h3-6,16H,7-8,14H2,1-2H3. The summed E-state index contributed by atoms with van der Waals surface area (Å²) in [6, 6.07) is 6.90. The number of sulfonamides is 1. The fourth-order valence-corrected chi connectivity index (χ4v) is 2.45. The van der Waals surface area contributed by atoms with Crippen LogP contribution in [0, 0.1) is 13.8 Å². The Morgan fingerprint density at radius 3 is 2.67 bits per heavy atom. The Labute approximate surface area is 123 Å². The highest BCUT2D eigenvalue weighted by Gasteiger charge is 2.17. The smallest absolute Gasteiger partial charge is 0.241 e. The number of hydrogen-bond donors (Lipinski definition) is 2. The number of nitrogens with zero attached hydrogens (tertiary/aromatic N) is 1. The second-order valence-electron chi connectivity index (χ2n) is 4.53. The van der Waals surface area contributed by atoms with E-state index in [0.717, 1.165) is 0 Å². The Kier molecular flexibility index (Phi) is 4.37. The number of anilines is 2. The molecule has 0 radical (unpaired) electrons. The molecule has 0 aliphatic rings. The van der Waals surface area contributed by atoms with E-state index in [1.165, 1.54) is 0 Å². The number of aryl methyl sites for hydroxylation is 1. The fraction of sp³-hybridized carbons (Fsp3) is 0.308. The SMILES string of the molecule is Cc1noc(NS(=O)(=O)CCOc2ccccc2N)c1C. The van der Waals surface area contributed by atoms with Crippen LogP contribution in [0.15, 0.2) is 28.8 Å². The van der Waals surface area contributed by atoms with Gasteiger partial charge in [0.25, 0.3) is 0 Å². The molecule has 114 valence electrons. The molecule has 1 aromatic heterocycles. The van der Waals surface area contributed by atoms with Crippen LogP contribution in [-0.4, -0.2) is 25.9 Å². The molecule has 3 N–H and O–H groups in total. The van der Waals surface area contributed by atoms with Gasteiger partial charge >= 0.3 is 0 Å². The number of benzene rings is 1. The summed E-state index contributed by atoms with van der Waals surface area (Å²) < 4.78 is 36.5. The second kappa shape index (κ2) is 6.04. The minimum atomic E-state index is -3.58. The Balaban J connectivity index is 1.93. The molecular weight excluding hydrogens is 294 g/mol. The number of nitrogen functional groups attached to an aromatic ring is 1. The zero-order chi connectivity index (χ0) is 15.5. The van der Waals surface area contributed by atoms with Gasteiger partial charge in [-0.05, 0) is 26.0 Å². The van der Waals surface area contributed by atoms with Crippen LogP contribution in [0.4, 0.5) is 11.6 Å². The first-order valence-corrected chi connectivity index (χ1v) is 7.95. The predicted molar refractivity (Wildman–Crippen MR) is 79.7 cm³/mol. The van der Waals surface area contributed by atoms with Crippen LogP contribution in [0.1, 0.15) is 11.3 Å². The van der Waals surface area contributed by atoms with Crippen molar-refractivity contribution >= 4 is 21.6 Å². The molecule has 1 aromatic carbocycles. The number of nitrogens with two attached hydrogens (primary N) is 1. The molecule has 2 aromatic rings. The summed E-state index contributed by atoms with van der Waals surface area (Å²) in [5.41, 5.74) is 7.46. The molecule has 1 heterocycles. The van der Waals surface area contributed by atoms with Gasteiger partial charge in [-0.25, -0.2) is 8.42 Å². The van der Waals surface area contributed by atoms with Crippen molar-refractivity contribution in [2.45, 2.75) is 13.8 Å². The lowest BCUT2D eigenvalue weighted by atomic mass is 10.3. The maximum absolute atomic E-state index is 11.9. The first-order chi connectivity index (χ1) is 9.89. The summed E-state index contributed by atoms with van der Waals surface area (Å²) in [4.78, 5) is 0. The Bertz CT molecular complexity index is 725. The van der Waals surface area contributed by atoms with Crippen molar-refractivity contribution in [2.24, 2.45) is 0 Å². The topological polar surface area (TPSA) is 107 Å². The maximum atomic E-state index is 11.9. The quantitative estimate of drug-likeness (QED) is 0.786.